The molecule has 1 aliphatic heterocycles. The molecule has 3 amide bonds. The van der Waals surface area contributed by atoms with Crippen LogP contribution in [0.1, 0.15) is 26.2 Å². The number of hydrogen-bond donors (Lipinski definition) is 4. The number of primary amides is 1. The SMILES string of the molecule is C=C(C/C=C\C(CC)N1CCC(NC(N)=O)C1=O)C(=N)N. The summed E-state index contributed by atoms with van der Waals surface area (Å²) in [5, 5.41) is 9.70. The van der Waals surface area contributed by atoms with E-state index in [2.05, 4.69) is 11.9 Å². The van der Waals surface area contributed by atoms with Crippen molar-refractivity contribution >= 4 is 17.8 Å². The highest BCUT2D eigenvalue weighted by atomic mass is 16.2. The van der Waals surface area contributed by atoms with Gasteiger partial charge >= 0.3 is 6.03 Å². The van der Waals surface area contributed by atoms with Gasteiger partial charge in [-0.05, 0) is 24.8 Å². The van der Waals surface area contributed by atoms with E-state index in [1.54, 1.807) is 4.90 Å². The van der Waals surface area contributed by atoms with E-state index in [4.69, 9.17) is 16.9 Å². The van der Waals surface area contributed by atoms with E-state index < -0.39 is 12.1 Å². The van der Waals surface area contributed by atoms with Crippen LogP contribution >= 0.6 is 0 Å². The molecule has 0 aromatic carbocycles. The Bertz CT molecular complexity index is 472. The van der Waals surface area contributed by atoms with E-state index in [9.17, 15) is 9.59 Å². The lowest BCUT2D eigenvalue weighted by Crippen LogP contribution is -2.45. The highest BCUT2D eigenvalue weighted by Gasteiger charge is 2.34. The Hall–Kier alpha value is -2.31. The minimum absolute atomic E-state index is 0.0318. The molecule has 1 saturated heterocycles. The normalized spacial score (nSPS) is 19.8. The largest absolute Gasteiger partial charge is 0.384 e. The first-order chi connectivity index (χ1) is 9.86. The van der Waals surface area contributed by atoms with Gasteiger partial charge in [-0.1, -0.05) is 25.7 Å². The molecule has 1 fully saturated rings. The summed E-state index contributed by atoms with van der Waals surface area (Å²) < 4.78 is 0. The number of hydrogen-bond acceptors (Lipinski definition) is 3. The number of amidine groups is 1. The van der Waals surface area contributed by atoms with Crippen molar-refractivity contribution in [2.75, 3.05) is 6.54 Å². The van der Waals surface area contributed by atoms with Crippen LogP contribution in [0, 0.1) is 5.41 Å². The number of carbonyl (C=O) groups is 2. The van der Waals surface area contributed by atoms with Crippen molar-refractivity contribution in [3.63, 3.8) is 0 Å². The van der Waals surface area contributed by atoms with Gasteiger partial charge in [-0.15, -0.1) is 0 Å². The zero-order valence-corrected chi connectivity index (χ0v) is 12.3. The Morgan fingerprint density at radius 2 is 2.29 bits per heavy atom. The van der Waals surface area contributed by atoms with Crippen molar-refractivity contribution in [2.24, 2.45) is 11.5 Å². The molecule has 0 aromatic heterocycles. The summed E-state index contributed by atoms with van der Waals surface area (Å²) >= 11 is 0. The molecule has 0 radical (unpaired) electrons. The second-order valence-corrected chi connectivity index (χ2v) is 5.01. The molecule has 1 heterocycles. The van der Waals surface area contributed by atoms with Gasteiger partial charge in [-0.25, -0.2) is 4.79 Å². The summed E-state index contributed by atoms with van der Waals surface area (Å²) in [6.45, 7) is 6.26. The minimum Gasteiger partial charge on any atom is -0.384 e. The lowest BCUT2D eigenvalue weighted by atomic mass is 10.1. The third-order valence-corrected chi connectivity index (χ3v) is 3.48. The Morgan fingerprint density at radius 3 is 2.81 bits per heavy atom. The average molecular weight is 293 g/mol. The first-order valence-electron chi connectivity index (χ1n) is 6.92. The quantitative estimate of drug-likeness (QED) is 0.310. The second-order valence-electron chi connectivity index (χ2n) is 5.01. The van der Waals surface area contributed by atoms with Crippen LogP contribution in [0.15, 0.2) is 24.3 Å². The number of likely N-dealkylation sites (tertiary alicyclic amines) is 1. The molecule has 116 valence electrons. The molecule has 1 aliphatic rings. The number of nitrogens with two attached hydrogens (primary N) is 2. The molecule has 2 unspecified atom stereocenters. The minimum atomic E-state index is -0.684. The lowest BCUT2D eigenvalue weighted by molar-refractivity contribution is -0.130. The number of allylic oxidation sites excluding steroid dienone is 1. The fourth-order valence-electron chi connectivity index (χ4n) is 2.27. The molecule has 0 bridgehead atoms. The second kappa shape index (κ2) is 7.47. The van der Waals surface area contributed by atoms with Crippen molar-refractivity contribution in [1.29, 1.82) is 5.41 Å². The third kappa shape index (κ3) is 4.62. The summed E-state index contributed by atoms with van der Waals surface area (Å²) in [6, 6.07) is -1.26. The predicted octanol–water partition coefficient (Wildman–Crippen LogP) is 0.473. The highest BCUT2D eigenvalue weighted by molar-refractivity contribution is 5.93. The zero-order chi connectivity index (χ0) is 16.0. The third-order valence-electron chi connectivity index (χ3n) is 3.48. The van der Waals surface area contributed by atoms with Crippen LogP contribution in [0.4, 0.5) is 4.79 Å². The zero-order valence-electron chi connectivity index (χ0n) is 12.3. The summed E-state index contributed by atoms with van der Waals surface area (Å²) in [6.07, 6.45) is 5.58. The van der Waals surface area contributed by atoms with Gasteiger partial charge < -0.3 is 21.7 Å². The van der Waals surface area contributed by atoms with Crippen LogP contribution < -0.4 is 16.8 Å². The number of nitrogens with one attached hydrogen (secondary N) is 2. The number of carbonyl (C=O) groups excluding carboxylic acids is 2. The summed E-state index contributed by atoms with van der Waals surface area (Å²) in [7, 11) is 0. The molecule has 6 N–H and O–H groups in total. The van der Waals surface area contributed by atoms with Gasteiger partial charge in [0, 0.05) is 12.6 Å². The Balaban J connectivity index is 2.63. The standard InChI is InChI=1S/C14H23N5O2/c1-3-10(6-4-5-9(2)12(15)16)19-8-7-11(13(19)20)18-14(17)21/h4,6,10-11H,2-3,5,7-8H2,1H3,(H3,15,16)(H3,17,18,21)/b6-4-. The molecule has 0 aromatic rings. The topological polar surface area (TPSA) is 125 Å². The Morgan fingerprint density at radius 1 is 1.62 bits per heavy atom. The summed E-state index contributed by atoms with van der Waals surface area (Å²) in [5.74, 6) is -0.147. The van der Waals surface area contributed by atoms with E-state index in [0.717, 1.165) is 6.42 Å². The maximum absolute atomic E-state index is 12.2. The molecule has 0 aliphatic carbocycles. The number of rotatable bonds is 7. The number of urea groups is 1. The van der Waals surface area contributed by atoms with Crippen molar-refractivity contribution in [2.45, 2.75) is 38.3 Å². The van der Waals surface area contributed by atoms with E-state index >= 15 is 0 Å². The number of amides is 3. The fourth-order valence-corrected chi connectivity index (χ4v) is 2.27. The van der Waals surface area contributed by atoms with Gasteiger partial charge in [0.25, 0.3) is 0 Å². The number of nitrogens with zero attached hydrogens (tertiary/aromatic N) is 1. The van der Waals surface area contributed by atoms with Crippen LogP contribution in [0.25, 0.3) is 0 Å². The van der Waals surface area contributed by atoms with Gasteiger partial charge in [0.15, 0.2) is 0 Å². The van der Waals surface area contributed by atoms with Crippen molar-refractivity contribution < 1.29 is 9.59 Å². The van der Waals surface area contributed by atoms with Gasteiger partial charge in [0.05, 0.1) is 0 Å². The Kier molecular flexibility index (Phi) is 5.95. The summed E-state index contributed by atoms with van der Waals surface area (Å²) in [5.41, 5.74) is 10.9. The maximum atomic E-state index is 12.2. The fraction of sp³-hybridized carbons (Fsp3) is 0.500. The molecule has 21 heavy (non-hydrogen) atoms. The molecular weight excluding hydrogens is 270 g/mol. The Labute approximate surface area is 124 Å². The van der Waals surface area contributed by atoms with Crippen molar-refractivity contribution in [1.82, 2.24) is 10.2 Å². The van der Waals surface area contributed by atoms with Gasteiger partial charge in [0.1, 0.15) is 11.9 Å². The predicted molar refractivity (Wildman–Crippen MR) is 81.7 cm³/mol. The molecule has 7 heteroatoms. The highest BCUT2D eigenvalue weighted by Crippen LogP contribution is 2.18. The van der Waals surface area contributed by atoms with Crippen LogP contribution in [-0.4, -0.2) is 41.3 Å². The van der Waals surface area contributed by atoms with E-state index in [1.165, 1.54) is 0 Å². The van der Waals surface area contributed by atoms with E-state index in [1.807, 2.05) is 19.1 Å². The van der Waals surface area contributed by atoms with Gasteiger partial charge in [-0.3, -0.25) is 10.2 Å². The lowest BCUT2D eigenvalue weighted by Gasteiger charge is -2.24. The smallest absolute Gasteiger partial charge is 0.312 e. The average Bonchev–Trinajstić information content (AvgIpc) is 2.75. The van der Waals surface area contributed by atoms with Crippen LogP contribution in [0.3, 0.4) is 0 Å². The van der Waals surface area contributed by atoms with Crippen LogP contribution in [0.5, 0.6) is 0 Å². The molecule has 2 atom stereocenters. The molecule has 1 rings (SSSR count). The van der Waals surface area contributed by atoms with E-state index in [-0.39, 0.29) is 17.8 Å². The first-order valence-corrected chi connectivity index (χ1v) is 6.92. The van der Waals surface area contributed by atoms with Crippen LogP contribution in [0.2, 0.25) is 0 Å². The molecule has 0 spiro atoms. The van der Waals surface area contributed by atoms with Gasteiger partial charge in [-0.2, -0.15) is 0 Å². The first kappa shape index (κ1) is 16.7. The van der Waals surface area contributed by atoms with Gasteiger partial charge in [0.2, 0.25) is 5.91 Å². The molecule has 0 saturated carbocycles. The van der Waals surface area contributed by atoms with Crippen LogP contribution in [-0.2, 0) is 4.79 Å². The maximum Gasteiger partial charge on any atom is 0.312 e. The van der Waals surface area contributed by atoms with E-state index in [0.29, 0.717) is 25.0 Å². The van der Waals surface area contributed by atoms with Crippen molar-refractivity contribution in [3.05, 3.63) is 24.3 Å². The monoisotopic (exact) mass is 293 g/mol. The molecular formula is C14H23N5O2. The summed E-state index contributed by atoms with van der Waals surface area (Å²) in [4.78, 5) is 24.8. The van der Waals surface area contributed by atoms with Crippen molar-refractivity contribution in [3.8, 4) is 0 Å². The molecule has 7 nitrogen and oxygen atoms in total.